The second-order valence-corrected chi connectivity index (χ2v) is 8.18. The number of rotatable bonds is 11. The molecule has 10 nitrogen and oxygen atoms in total. The molecule has 0 aliphatic carbocycles. The SMILES string of the molecule is CCOC(=O)/C(C#N)=C\c1[nH]c(C(=O)C(=O)c2[nH]c(/C=C(\C#N)C(=O)OCC)c(CC)c2C)c(C)c1CC. The molecule has 2 rings (SSSR count). The van der Waals surface area contributed by atoms with Crippen molar-refractivity contribution in [3.63, 3.8) is 0 Å². The minimum Gasteiger partial charge on any atom is -0.462 e. The van der Waals surface area contributed by atoms with Crippen LogP contribution in [0.5, 0.6) is 0 Å². The van der Waals surface area contributed by atoms with Gasteiger partial charge in [0.05, 0.1) is 24.6 Å². The first-order valence-electron chi connectivity index (χ1n) is 12.2. The number of Topliss-reactive ketones (excluding diaryl/α,β-unsaturated/α-hetero) is 2. The van der Waals surface area contributed by atoms with E-state index in [0.29, 0.717) is 46.5 Å². The lowest BCUT2D eigenvalue weighted by Gasteiger charge is -2.01. The molecule has 38 heavy (non-hydrogen) atoms. The molecule has 2 N–H and O–H groups in total. The van der Waals surface area contributed by atoms with Crippen LogP contribution in [0.1, 0.15) is 82.3 Å². The van der Waals surface area contributed by atoms with Gasteiger partial charge in [-0.05, 0) is 74.9 Å². The summed E-state index contributed by atoms with van der Waals surface area (Å²) in [5.74, 6) is -3.22. The zero-order valence-corrected chi connectivity index (χ0v) is 22.3. The van der Waals surface area contributed by atoms with Gasteiger partial charge in [-0.2, -0.15) is 10.5 Å². The number of ketones is 2. The van der Waals surface area contributed by atoms with Crippen LogP contribution in [0.15, 0.2) is 11.1 Å². The van der Waals surface area contributed by atoms with E-state index in [1.54, 1.807) is 39.8 Å². The lowest BCUT2D eigenvalue weighted by molar-refractivity contribution is -0.138. The van der Waals surface area contributed by atoms with Gasteiger partial charge in [0.2, 0.25) is 0 Å². The summed E-state index contributed by atoms with van der Waals surface area (Å²) in [6.45, 7) is 10.5. The van der Waals surface area contributed by atoms with Gasteiger partial charge in [0, 0.05) is 11.4 Å². The Morgan fingerprint density at radius 3 is 1.32 bits per heavy atom. The van der Waals surface area contributed by atoms with Crippen LogP contribution in [0, 0.1) is 36.5 Å². The summed E-state index contributed by atoms with van der Waals surface area (Å²) in [5, 5.41) is 18.8. The van der Waals surface area contributed by atoms with Crippen LogP contribution in [-0.2, 0) is 31.9 Å². The van der Waals surface area contributed by atoms with Gasteiger partial charge in [0.25, 0.3) is 11.6 Å². The number of nitrogens with zero attached hydrogens (tertiary/aromatic N) is 2. The van der Waals surface area contributed by atoms with Gasteiger partial charge >= 0.3 is 11.9 Å². The maximum absolute atomic E-state index is 13.4. The number of nitriles is 2. The third-order valence-electron chi connectivity index (χ3n) is 6.00. The molecule has 0 aliphatic heterocycles. The van der Waals surface area contributed by atoms with E-state index in [1.807, 2.05) is 13.8 Å². The topological polar surface area (TPSA) is 166 Å². The number of hydrogen-bond donors (Lipinski definition) is 2. The van der Waals surface area contributed by atoms with Gasteiger partial charge < -0.3 is 19.4 Å². The Labute approximate surface area is 220 Å². The fourth-order valence-corrected chi connectivity index (χ4v) is 4.13. The molecule has 2 aromatic rings. The molecule has 0 aliphatic rings. The number of aromatic amines is 2. The molecule has 0 aromatic carbocycles. The predicted molar refractivity (Wildman–Crippen MR) is 139 cm³/mol. The molecule has 0 amide bonds. The van der Waals surface area contributed by atoms with E-state index >= 15 is 0 Å². The second-order valence-electron chi connectivity index (χ2n) is 8.18. The second kappa shape index (κ2) is 13.0. The molecule has 0 saturated heterocycles. The van der Waals surface area contributed by atoms with Gasteiger partial charge in [-0.15, -0.1) is 0 Å². The number of nitrogens with one attached hydrogen (secondary N) is 2. The normalized spacial score (nSPS) is 11.5. The largest absolute Gasteiger partial charge is 0.462 e. The summed E-state index contributed by atoms with van der Waals surface area (Å²) >= 11 is 0. The van der Waals surface area contributed by atoms with E-state index in [1.165, 1.54) is 12.2 Å². The number of carbonyl (C=O) groups excluding carboxylic acids is 4. The summed E-state index contributed by atoms with van der Waals surface area (Å²) in [6.07, 6.45) is 3.56. The molecular weight excluding hydrogens is 488 g/mol. The van der Waals surface area contributed by atoms with E-state index in [4.69, 9.17) is 9.47 Å². The van der Waals surface area contributed by atoms with Gasteiger partial charge in [-0.1, -0.05) is 13.8 Å². The average molecular weight is 519 g/mol. The minimum atomic E-state index is -0.820. The van der Waals surface area contributed by atoms with E-state index in [0.717, 1.165) is 0 Å². The van der Waals surface area contributed by atoms with Crippen molar-refractivity contribution in [2.45, 2.75) is 54.4 Å². The quantitative estimate of drug-likeness (QED) is 0.147. The number of H-pyrrole nitrogens is 2. The Morgan fingerprint density at radius 2 is 1.05 bits per heavy atom. The molecule has 0 unspecified atom stereocenters. The highest BCUT2D eigenvalue weighted by Gasteiger charge is 2.28. The molecule has 0 spiro atoms. The molecule has 0 bridgehead atoms. The highest BCUT2D eigenvalue weighted by Crippen LogP contribution is 2.26. The lowest BCUT2D eigenvalue weighted by Crippen LogP contribution is -2.17. The van der Waals surface area contributed by atoms with Crippen molar-refractivity contribution in [2.75, 3.05) is 13.2 Å². The van der Waals surface area contributed by atoms with Crippen molar-refractivity contribution in [3.05, 3.63) is 56.2 Å². The Hall–Kier alpha value is -4.70. The van der Waals surface area contributed by atoms with E-state index in [2.05, 4.69) is 9.97 Å². The fraction of sp³-hybridized carbons (Fsp3) is 0.357. The first-order valence-corrected chi connectivity index (χ1v) is 12.2. The Bertz CT molecular complexity index is 1310. The minimum absolute atomic E-state index is 0.0348. The monoisotopic (exact) mass is 518 g/mol. The summed E-state index contributed by atoms with van der Waals surface area (Å²) in [7, 11) is 0. The highest BCUT2D eigenvalue weighted by molar-refractivity contribution is 6.49. The number of aromatic nitrogens is 2. The van der Waals surface area contributed by atoms with Crippen LogP contribution < -0.4 is 0 Å². The van der Waals surface area contributed by atoms with Crippen molar-refractivity contribution in [2.24, 2.45) is 0 Å². The first kappa shape index (κ1) is 29.5. The Morgan fingerprint density at radius 1 is 0.711 bits per heavy atom. The van der Waals surface area contributed by atoms with E-state index in [-0.39, 0.29) is 35.7 Å². The highest BCUT2D eigenvalue weighted by atomic mass is 16.5. The molecule has 0 fully saturated rings. The van der Waals surface area contributed by atoms with Gasteiger partial charge in [0.1, 0.15) is 23.3 Å². The smallest absolute Gasteiger partial charge is 0.348 e. The van der Waals surface area contributed by atoms with Crippen molar-refractivity contribution in [3.8, 4) is 12.1 Å². The summed E-state index contributed by atoms with van der Waals surface area (Å²) in [5.41, 5.74) is 2.69. The lowest BCUT2D eigenvalue weighted by atomic mass is 10.00. The molecule has 198 valence electrons. The zero-order valence-electron chi connectivity index (χ0n) is 22.3. The van der Waals surface area contributed by atoms with E-state index in [9.17, 15) is 29.7 Å². The molecule has 2 heterocycles. The van der Waals surface area contributed by atoms with Crippen LogP contribution in [0.25, 0.3) is 12.2 Å². The number of esters is 2. The number of carbonyl (C=O) groups is 4. The van der Waals surface area contributed by atoms with Crippen LogP contribution in [0.3, 0.4) is 0 Å². The van der Waals surface area contributed by atoms with Crippen molar-refractivity contribution < 1.29 is 28.7 Å². The van der Waals surface area contributed by atoms with Crippen LogP contribution in [-0.4, -0.2) is 46.7 Å². The first-order chi connectivity index (χ1) is 18.1. The number of hydrogen-bond acceptors (Lipinski definition) is 8. The predicted octanol–water partition coefficient (Wildman–Crippen LogP) is 4.09. The molecule has 2 aromatic heterocycles. The van der Waals surface area contributed by atoms with Crippen LogP contribution in [0.4, 0.5) is 0 Å². The Kier molecular flexibility index (Phi) is 10.1. The Balaban J connectivity index is 2.57. The summed E-state index contributed by atoms with van der Waals surface area (Å²) in [6, 6.07) is 3.60. The molecule has 0 saturated carbocycles. The van der Waals surface area contributed by atoms with Crippen LogP contribution in [0.2, 0.25) is 0 Å². The van der Waals surface area contributed by atoms with E-state index < -0.39 is 23.5 Å². The summed E-state index contributed by atoms with van der Waals surface area (Å²) in [4.78, 5) is 56.6. The third-order valence-corrected chi connectivity index (χ3v) is 6.00. The fourth-order valence-electron chi connectivity index (χ4n) is 4.13. The molecule has 0 radical (unpaired) electrons. The molecule has 10 heteroatoms. The maximum Gasteiger partial charge on any atom is 0.348 e. The maximum atomic E-state index is 13.4. The van der Waals surface area contributed by atoms with Crippen LogP contribution >= 0.6 is 0 Å². The van der Waals surface area contributed by atoms with Gasteiger partial charge in [-0.25, -0.2) is 9.59 Å². The zero-order chi connectivity index (χ0) is 28.6. The van der Waals surface area contributed by atoms with Gasteiger partial charge in [-0.3, -0.25) is 9.59 Å². The molecule has 0 atom stereocenters. The summed E-state index contributed by atoms with van der Waals surface area (Å²) < 4.78 is 9.80. The van der Waals surface area contributed by atoms with Crippen molar-refractivity contribution in [1.29, 1.82) is 10.5 Å². The molecular formula is C28H30N4O6. The standard InChI is InChI=1S/C28H30N4O6/c1-7-19-15(5)23(31-21(19)11-17(13-29)27(35)37-9-3)25(33)26(34)24-16(6)20(8-2)22(32-24)12-18(14-30)28(36)38-10-4/h11-12,31-32H,7-10H2,1-6H3/b17-11-,18-12+. The number of ether oxygens (including phenoxy) is 2. The average Bonchev–Trinajstić information content (AvgIpc) is 3.39. The third kappa shape index (κ3) is 5.98. The van der Waals surface area contributed by atoms with Gasteiger partial charge in [0.15, 0.2) is 0 Å². The van der Waals surface area contributed by atoms with Crippen molar-refractivity contribution >= 4 is 35.7 Å². The van der Waals surface area contributed by atoms with Crippen molar-refractivity contribution in [1.82, 2.24) is 9.97 Å².